The Morgan fingerprint density at radius 2 is 1.38 bits per heavy atom. The van der Waals surface area contributed by atoms with E-state index >= 15 is 0 Å². The van der Waals surface area contributed by atoms with Gasteiger partial charge in [0.05, 0.1) is 0 Å². The average Bonchev–Trinajstić information content (AvgIpc) is 3.13. The molecule has 0 saturated carbocycles. The predicted molar refractivity (Wildman–Crippen MR) is 104 cm³/mol. The largest absolute Gasteiger partial charge is 0.455 e. The number of hydrogen-bond acceptors (Lipinski definition) is 1. The highest BCUT2D eigenvalue weighted by molar-refractivity contribution is 6.30. The van der Waals surface area contributed by atoms with Gasteiger partial charge in [-0.1, -0.05) is 41.9 Å². The van der Waals surface area contributed by atoms with Crippen molar-refractivity contribution < 1.29 is 14.2 Å². The molecule has 0 radical (unpaired) electrons. The highest BCUT2D eigenvalue weighted by Gasteiger charge is 2.24. The Bertz CT molecular complexity index is 821. The second-order valence-corrected chi connectivity index (χ2v) is 7.55. The molecular weight excluding hydrogens is 344 g/mol. The summed E-state index contributed by atoms with van der Waals surface area (Å²) in [4.78, 5) is 3.29. The van der Waals surface area contributed by atoms with Crippen molar-refractivity contribution in [2.24, 2.45) is 0 Å². The van der Waals surface area contributed by atoms with Crippen molar-refractivity contribution in [1.29, 1.82) is 0 Å². The second kappa shape index (κ2) is 8.09. The molecule has 0 spiro atoms. The Labute approximate surface area is 159 Å². The third-order valence-electron chi connectivity index (χ3n) is 5.18. The number of quaternary nitrogens is 2. The minimum absolute atomic E-state index is 0.751. The molecule has 3 nitrogen and oxygen atoms in total. The normalized spacial score (nSPS) is 20.2. The van der Waals surface area contributed by atoms with Crippen molar-refractivity contribution in [3.63, 3.8) is 0 Å². The van der Waals surface area contributed by atoms with Gasteiger partial charge < -0.3 is 14.2 Å². The van der Waals surface area contributed by atoms with Crippen molar-refractivity contribution in [1.82, 2.24) is 0 Å². The van der Waals surface area contributed by atoms with Gasteiger partial charge in [0, 0.05) is 16.1 Å². The van der Waals surface area contributed by atoms with Crippen LogP contribution in [-0.4, -0.2) is 26.2 Å². The van der Waals surface area contributed by atoms with Gasteiger partial charge in [0.15, 0.2) is 5.76 Å². The minimum atomic E-state index is 0.751. The molecule has 1 aromatic heterocycles. The van der Waals surface area contributed by atoms with Crippen LogP contribution in [0.15, 0.2) is 71.1 Å². The zero-order chi connectivity index (χ0) is 17.8. The zero-order valence-electron chi connectivity index (χ0n) is 14.9. The summed E-state index contributed by atoms with van der Waals surface area (Å²) in [6, 6.07) is 22.8. The summed E-state index contributed by atoms with van der Waals surface area (Å²) < 4.78 is 6.06. The molecule has 0 atom stereocenters. The van der Waals surface area contributed by atoms with E-state index < -0.39 is 0 Å². The molecule has 1 aliphatic heterocycles. The number of nitrogens with one attached hydrogen (secondary N) is 2. The summed E-state index contributed by atoms with van der Waals surface area (Å²) in [5, 5.41) is 0.751. The summed E-state index contributed by atoms with van der Waals surface area (Å²) in [5.74, 6) is 1.99. The minimum Gasteiger partial charge on any atom is -0.455 e. The summed E-state index contributed by atoms with van der Waals surface area (Å²) in [5.41, 5.74) is 2.51. The lowest BCUT2D eigenvalue weighted by Gasteiger charge is -2.29. The molecule has 134 valence electrons. The van der Waals surface area contributed by atoms with Crippen molar-refractivity contribution in [2.75, 3.05) is 26.2 Å². The van der Waals surface area contributed by atoms with Crippen LogP contribution in [0.4, 0.5) is 0 Å². The summed E-state index contributed by atoms with van der Waals surface area (Å²) in [6.45, 7) is 6.92. The van der Waals surface area contributed by atoms with E-state index in [9.17, 15) is 0 Å². The van der Waals surface area contributed by atoms with Gasteiger partial charge in [-0.15, -0.1) is 0 Å². The maximum absolute atomic E-state index is 6.06. The van der Waals surface area contributed by atoms with Crippen molar-refractivity contribution in [3.05, 3.63) is 83.1 Å². The zero-order valence-corrected chi connectivity index (χ0v) is 15.6. The summed E-state index contributed by atoms with van der Waals surface area (Å²) >= 11 is 5.96. The van der Waals surface area contributed by atoms with Crippen LogP contribution in [0.25, 0.3) is 11.3 Å². The lowest BCUT2D eigenvalue weighted by Crippen LogP contribution is -3.27. The van der Waals surface area contributed by atoms with E-state index in [2.05, 4.69) is 42.5 Å². The fourth-order valence-electron chi connectivity index (χ4n) is 3.68. The number of halogens is 1. The van der Waals surface area contributed by atoms with Crippen molar-refractivity contribution in [3.8, 4) is 11.3 Å². The van der Waals surface area contributed by atoms with E-state index in [1.165, 1.54) is 31.7 Å². The fraction of sp³-hybridized carbons (Fsp3) is 0.273. The highest BCUT2D eigenvalue weighted by Crippen LogP contribution is 2.23. The Morgan fingerprint density at radius 3 is 2.08 bits per heavy atom. The molecule has 0 bridgehead atoms. The second-order valence-electron chi connectivity index (χ2n) is 7.11. The van der Waals surface area contributed by atoms with Gasteiger partial charge in [-0.25, -0.2) is 0 Å². The van der Waals surface area contributed by atoms with Gasteiger partial charge in [-0.05, 0) is 36.4 Å². The number of piperazine rings is 1. The number of rotatable bonds is 5. The van der Waals surface area contributed by atoms with Gasteiger partial charge in [-0.3, -0.25) is 0 Å². The molecule has 1 saturated heterocycles. The Hall–Kier alpha value is -2.07. The number of benzene rings is 2. The predicted octanol–water partition coefficient (Wildman–Crippen LogP) is 2.08. The third-order valence-corrected chi connectivity index (χ3v) is 5.43. The van der Waals surface area contributed by atoms with Crippen LogP contribution in [0, 0.1) is 0 Å². The molecule has 1 fully saturated rings. The van der Waals surface area contributed by atoms with Crippen LogP contribution < -0.4 is 9.80 Å². The van der Waals surface area contributed by atoms with Crippen LogP contribution in [0.1, 0.15) is 11.3 Å². The van der Waals surface area contributed by atoms with Gasteiger partial charge >= 0.3 is 0 Å². The highest BCUT2D eigenvalue weighted by atomic mass is 35.5. The topological polar surface area (TPSA) is 22.0 Å². The van der Waals surface area contributed by atoms with Crippen molar-refractivity contribution in [2.45, 2.75) is 13.1 Å². The van der Waals surface area contributed by atoms with Crippen LogP contribution in [0.2, 0.25) is 5.02 Å². The molecule has 0 amide bonds. The van der Waals surface area contributed by atoms with Crippen LogP contribution in [-0.2, 0) is 13.1 Å². The molecular formula is C22H25ClN2O+2. The molecule has 2 heterocycles. The standard InChI is InChI=1S/C22H23ClN2O/c23-20-8-6-19(7-9-20)22-11-10-21(26-22)17-25-14-12-24(13-15-25)16-18-4-2-1-3-5-18/h1-11H,12-17H2/p+2. The third kappa shape index (κ3) is 4.36. The first-order valence-corrected chi connectivity index (χ1v) is 9.70. The molecule has 0 aliphatic carbocycles. The number of hydrogen-bond donors (Lipinski definition) is 2. The van der Waals surface area contributed by atoms with Gasteiger partial charge in [-0.2, -0.15) is 0 Å². The quantitative estimate of drug-likeness (QED) is 0.707. The summed E-state index contributed by atoms with van der Waals surface area (Å²) in [7, 11) is 0. The van der Waals surface area contributed by atoms with Gasteiger partial charge in [0.1, 0.15) is 45.0 Å². The van der Waals surface area contributed by atoms with E-state index in [1.807, 2.05) is 24.3 Å². The molecule has 4 rings (SSSR count). The SMILES string of the molecule is Clc1ccc(-c2ccc(C[NH+]3CC[NH+](Cc4ccccc4)CC3)o2)cc1. The van der Waals surface area contributed by atoms with E-state index in [4.69, 9.17) is 16.0 Å². The van der Waals surface area contributed by atoms with Crippen LogP contribution in [0.5, 0.6) is 0 Å². The molecule has 2 N–H and O–H groups in total. The van der Waals surface area contributed by atoms with E-state index in [1.54, 1.807) is 9.80 Å². The molecule has 1 aliphatic rings. The molecule has 26 heavy (non-hydrogen) atoms. The Balaban J connectivity index is 1.30. The Kier molecular flexibility index (Phi) is 5.40. The van der Waals surface area contributed by atoms with Gasteiger partial charge in [0.2, 0.25) is 0 Å². The molecule has 2 aromatic carbocycles. The van der Waals surface area contributed by atoms with E-state index in [0.29, 0.717) is 0 Å². The lowest BCUT2D eigenvalue weighted by molar-refractivity contribution is -1.02. The molecule has 4 heteroatoms. The van der Waals surface area contributed by atoms with Gasteiger partial charge in [0.25, 0.3) is 0 Å². The first kappa shape index (κ1) is 17.3. The number of furan rings is 1. The maximum atomic E-state index is 6.06. The first-order valence-electron chi connectivity index (χ1n) is 9.32. The maximum Gasteiger partial charge on any atom is 0.158 e. The Morgan fingerprint density at radius 1 is 0.731 bits per heavy atom. The molecule has 3 aromatic rings. The van der Waals surface area contributed by atoms with Crippen LogP contribution >= 0.6 is 11.6 Å². The summed E-state index contributed by atoms with van der Waals surface area (Å²) in [6.07, 6.45) is 0. The molecule has 0 unspecified atom stereocenters. The van der Waals surface area contributed by atoms with Crippen molar-refractivity contribution >= 4 is 11.6 Å². The average molecular weight is 369 g/mol. The van der Waals surface area contributed by atoms with E-state index in [0.717, 1.165) is 35.2 Å². The monoisotopic (exact) mass is 368 g/mol. The van der Waals surface area contributed by atoms with E-state index in [-0.39, 0.29) is 0 Å². The fourth-order valence-corrected chi connectivity index (χ4v) is 3.81. The lowest BCUT2D eigenvalue weighted by atomic mass is 10.2. The van der Waals surface area contributed by atoms with Crippen LogP contribution in [0.3, 0.4) is 0 Å². The smallest absolute Gasteiger partial charge is 0.158 e. The first-order chi connectivity index (χ1) is 12.8.